The van der Waals surface area contributed by atoms with Gasteiger partial charge >= 0.3 is 0 Å². The molecule has 1 aliphatic heterocycles. The van der Waals surface area contributed by atoms with Gasteiger partial charge in [-0.3, -0.25) is 9.78 Å². The molecule has 0 N–H and O–H groups in total. The average Bonchev–Trinajstić information content (AvgIpc) is 3.18. The van der Waals surface area contributed by atoms with Gasteiger partial charge in [-0.15, -0.1) is 0 Å². The fourth-order valence-corrected chi connectivity index (χ4v) is 3.37. The molecule has 0 bridgehead atoms. The van der Waals surface area contributed by atoms with Crippen molar-refractivity contribution in [2.45, 2.75) is 32.7 Å². The van der Waals surface area contributed by atoms with Crippen LogP contribution in [-0.4, -0.2) is 29.1 Å². The molecule has 0 spiro atoms. The largest absolute Gasteiger partial charge is 0.454 e. The van der Waals surface area contributed by atoms with Crippen LogP contribution in [0, 0.1) is 0 Å². The Kier molecular flexibility index (Phi) is 5.42. The Bertz CT molecular complexity index is 986. The third-order valence-electron chi connectivity index (χ3n) is 4.94. The van der Waals surface area contributed by atoms with Crippen LogP contribution in [0.5, 0.6) is 11.5 Å². The first kappa shape index (κ1) is 18.3. The van der Waals surface area contributed by atoms with Crippen LogP contribution in [0.2, 0.25) is 0 Å². The van der Waals surface area contributed by atoms with Gasteiger partial charge in [-0.05, 0) is 36.2 Å². The second kappa shape index (κ2) is 8.30. The average molecular weight is 376 g/mol. The molecule has 0 saturated carbocycles. The summed E-state index contributed by atoms with van der Waals surface area (Å²) >= 11 is 0. The van der Waals surface area contributed by atoms with Crippen LogP contribution in [-0.2, 0) is 17.8 Å². The van der Waals surface area contributed by atoms with Crippen LogP contribution in [0.1, 0.15) is 31.0 Å². The molecular weight excluding hydrogens is 352 g/mol. The van der Waals surface area contributed by atoms with Crippen molar-refractivity contribution in [1.29, 1.82) is 0 Å². The van der Waals surface area contributed by atoms with E-state index in [9.17, 15) is 4.79 Å². The fourth-order valence-electron chi connectivity index (χ4n) is 3.37. The lowest BCUT2D eigenvalue weighted by Crippen LogP contribution is -2.33. The molecule has 2 heterocycles. The highest BCUT2D eigenvalue weighted by Gasteiger charge is 2.18. The number of ether oxygens (including phenoxy) is 2. The second-order valence-corrected chi connectivity index (χ2v) is 7.03. The number of carbonyl (C=O) groups excluding carboxylic acids is 1. The Morgan fingerprint density at radius 2 is 1.93 bits per heavy atom. The zero-order valence-electron chi connectivity index (χ0n) is 16.1. The number of hydrogen-bond acceptors (Lipinski definition) is 4. The van der Waals surface area contributed by atoms with Gasteiger partial charge in [0.05, 0.1) is 24.2 Å². The molecule has 5 nitrogen and oxygen atoms in total. The molecule has 5 heteroatoms. The lowest BCUT2D eigenvalue weighted by atomic mass is 10.1. The highest BCUT2D eigenvalue weighted by molar-refractivity contribution is 5.80. The van der Waals surface area contributed by atoms with E-state index in [1.807, 2.05) is 53.4 Å². The van der Waals surface area contributed by atoms with E-state index in [1.165, 1.54) is 0 Å². The predicted molar refractivity (Wildman–Crippen MR) is 108 cm³/mol. The topological polar surface area (TPSA) is 51.7 Å². The summed E-state index contributed by atoms with van der Waals surface area (Å²) in [6.07, 6.45) is 2.35. The van der Waals surface area contributed by atoms with Gasteiger partial charge in [-0.2, -0.15) is 0 Å². The van der Waals surface area contributed by atoms with Crippen LogP contribution in [0.15, 0.2) is 54.6 Å². The number of para-hydroxylation sites is 1. The number of pyridine rings is 1. The van der Waals surface area contributed by atoms with Gasteiger partial charge in [0.1, 0.15) is 0 Å². The van der Waals surface area contributed by atoms with Gasteiger partial charge in [0.15, 0.2) is 11.5 Å². The molecule has 2 aromatic carbocycles. The Labute approximate surface area is 164 Å². The monoisotopic (exact) mass is 376 g/mol. The van der Waals surface area contributed by atoms with Crippen LogP contribution in [0.25, 0.3) is 10.9 Å². The maximum absolute atomic E-state index is 13.0. The van der Waals surface area contributed by atoms with Gasteiger partial charge in [-0.1, -0.05) is 43.7 Å². The van der Waals surface area contributed by atoms with E-state index < -0.39 is 0 Å². The van der Waals surface area contributed by atoms with Crippen molar-refractivity contribution in [3.05, 3.63) is 65.9 Å². The van der Waals surface area contributed by atoms with Crippen molar-refractivity contribution in [3.8, 4) is 11.5 Å². The third kappa shape index (κ3) is 4.09. The molecule has 0 unspecified atom stereocenters. The summed E-state index contributed by atoms with van der Waals surface area (Å²) in [6, 6.07) is 17.8. The van der Waals surface area contributed by atoms with E-state index in [1.54, 1.807) is 0 Å². The van der Waals surface area contributed by atoms with Gasteiger partial charge in [0.25, 0.3) is 0 Å². The molecular formula is C23H24N2O3. The Morgan fingerprint density at radius 3 is 2.82 bits per heavy atom. The van der Waals surface area contributed by atoms with Gasteiger partial charge in [0.2, 0.25) is 12.7 Å². The maximum atomic E-state index is 13.0. The zero-order valence-corrected chi connectivity index (χ0v) is 16.1. The molecule has 0 saturated heterocycles. The smallest absolute Gasteiger partial charge is 0.231 e. The molecule has 1 amide bonds. The number of carbonyl (C=O) groups is 1. The molecule has 3 aromatic rings. The molecule has 0 atom stereocenters. The Morgan fingerprint density at radius 1 is 1.07 bits per heavy atom. The number of nitrogens with zero attached hydrogens (tertiary/aromatic N) is 2. The van der Waals surface area contributed by atoms with Gasteiger partial charge in [0, 0.05) is 11.9 Å². The number of rotatable bonds is 7. The van der Waals surface area contributed by atoms with Crippen LogP contribution >= 0.6 is 0 Å². The second-order valence-electron chi connectivity index (χ2n) is 7.03. The van der Waals surface area contributed by atoms with E-state index in [-0.39, 0.29) is 12.7 Å². The van der Waals surface area contributed by atoms with Crippen LogP contribution in [0.3, 0.4) is 0 Å². The van der Waals surface area contributed by atoms with Crippen molar-refractivity contribution in [3.63, 3.8) is 0 Å². The molecule has 1 aliphatic rings. The molecule has 0 radical (unpaired) electrons. The lowest BCUT2D eigenvalue weighted by Gasteiger charge is -2.22. The minimum absolute atomic E-state index is 0.0993. The minimum atomic E-state index is 0.0993. The van der Waals surface area contributed by atoms with Crippen molar-refractivity contribution in [2.24, 2.45) is 0 Å². The first-order valence-corrected chi connectivity index (χ1v) is 9.74. The summed E-state index contributed by atoms with van der Waals surface area (Å²) in [6.45, 7) is 3.63. The van der Waals surface area contributed by atoms with Crippen molar-refractivity contribution < 1.29 is 14.3 Å². The fraction of sp³-hybridized carbons (Fsp3) is 0.304. The van der Waals surface area contributed by atoms with Crippen molar-refractivity contribution in [2.75, 3.05) is 13.3 Å². The Balaban J connectivity index is 1.50. The van der Waals surface area contributed by atoms with Crippen LogP contribution < -0.4 is 9.47 Å². The summed E-state index contributed by atoms with van der Waals surface area (Å²) in [5.74, 6) is 1.54. The molecule has 0 fully saturated rings. The predicted octanol–water partition coefficient (Wildman–Crippen LogP) is 4.33. The van der Waals surface area contributed by atoms with Crippen molar-refractivity contribution >= 4 is 16.8 Å². The number of benzene rings is 2. The normalized spacial score (nSPS) is 12.3. The van der Waals surface area contributed by atoms with E-state index in [2.05, 4.69) is 13.0 Å². The molecule has 0 aliphatic carbocycles. The van der Waals surface area contributed by atoms with E-state index in [0.717, 1.165) is 47.3 Å². The third-order valence-corrected chi connectivity index (χ3v) is 4.94. The molecule has 144 valence electrons. The van der Waals surface area contributed by atoms with E-state index >= 15 is 0 Å². The Hall–Kier alpha value is -3.08. The summed E-state index contributed by atoms with van der Waals surface area (Å²) in [5.41, 5.74) is 2.80. The summed E-state index contributed by atoms with van der Waals surface area (Å²) in [7, 11) is 0. The van der Waals surface area contributed by atoms with Crippen molar-refractivity contribution in [1.82, 2.24) is 9.88 Å². The molecule has 28 heavy (non-hydrogen) atoms. The first-order chi connectivity index (χ1) is 13.7. The highest BCUT2D eigenvalue weighted by Crippen LogP contribution is 2.32. The number of amides is 1. The molecule has 4 rings (SSSR count). The summed E-state index contributed by atoms with van der Waals surface area (Å²) < 4.78 is 10.8. The lowest BCUT2D eigenvalue weighted by molar-refractivity contribution is -0.131. The number of aromatic nitrogens is 1. The van der Waals surface area contributed by atoms with E-state index in [0.29, 0.717) is 18.7 Å². The molecule has 1 aromatic heterocycles. The van der Waals surface area contributed by atoms with E-state index in [4.69, 9.17) is 14.5 Å². The summed E-state index contributed by atoms with van der Waals surface area (Å²) in [4.78, 5) is 19.7. The summed E-state index contributed by atoms with van der Waals surface area (Å²) in [5, 5.41) is 1.11. The zero-order chi connectivity index (χ0) is 19.3. The standard InChI is InChI=1S/C23H24N2O3/c1-2-3-12-25(15-19-10-9-18-6-4-5-7-20(18)24-19)23(26)14-17-8-11-21-22(13-17)28-16-27-21/h4-11,13H,2-3,12,14-16H2,1H3. The first-order valence-electron chi connectivity index (χ1n) is 9.74. The van der Waals surface area contributed by atoms with Crippen LogP contribution in [0.4, 0.5) is 0 Å². The van der Waals surface area contributed by atoms with Gasteiger partial charge in [-0.25, -0.2) is 0 Å². The SMILES string of the molecule is CCCCN(Cc1ccc2ccccc2n1)C(=O)Cc1ccc2c(c1)OCO2. The highest BCUT2D eigenvalue weighted by atomic mass is 16.7. The van der Waals surface area contributed by atoms with Gasteiger partial charge < -0.3 is 14.4 Å². The quantitative estimate of drug-likeness (QED) is 0.616. The number of fused-ring (bicyclic) bond motifs is 2. The number of unbranched alkanes of at least 4 members (excludes halogenated alkanes) is 1. The maximum Gasteiger partial charge on any atom is 0.231 e. The number of hydrogen-bond donors (Lipinski definition) is 0. The minimum Gasteiger partial charge on any atom is -0.454 e.